The summed E-state index contributed by atoms with van der Waals surface area (Å²) >= 11 is 0. The molecule has 1 rings (SSSR count). The topological polar surface area (TPSA) is 29.1 Å². The van der Waals surface area contributed by atoms with Gasteiger partial charge in [0.05, 0.1) is 0 Å². The predicted molar refractivity (Wildman–Crippen MR) is 101 cm³/mol. The van der Waals surface area contributed by atoms with E-state index in [-0.39, 0.29) is 0 Å². The van der Waals surface area contributed by atoms with Gasteiger partial charge in [-0.3, -0.25) is 4.79 Å². The highest BCUT2D eigenvalue weighted by atomic mass is 16.1. The molecule has 1 aliphatic heterocycles. The fraction of sp³-hybridized carbons (Fsp3) is 0.857. The first kappa shape index (κ1) is 20.4. The third kappa shape index (κ3) is 11.5. The molecule has 0 spiro atoms. The molecule has 1 aliphatic rings. The minimum Gasteiger partial charge on any atom is -0.317 e. The largest absolute Gasteiger partial charge is 0.317 e. The summed E-state index contributed by atoms with van der Waals surface area (Å²) in [6.07, 6.45) is 20.6. The predicted octanol–water partition coefficient (Wildman–Crippen LogP) is 5.81. The first-order valence-electron chi connectivity index (χ1n) is 10.2. The van der Waals surface area contributed by atoms with Crippen LogP contribution in [0.1, 0.15) is 96.3 Å². The smallest absolute Gasteiger partial charge is 0.136 e. The Morgan fingerprint density at radius 3 is 2.13 bits per heavy atom. The lowest BCUT2D eigenvalue weighted by atomic mass is 9.92. The average Bonchev–Trinajstić information content (AvgIpc) is 2.85. The molecule has 2 nitrogen and oxygen atoms in total. The van der Waals surface area contributed by atoms with Gasteiger partial charge >= 0.3 is 0 Å². The van der Waals surface area contributed by atoms with Gasteiger partial charge in [-0.05, 0) is 51.6 Å². The van der Waals surface area contributed by atoms with Gasteiger partial charge in [0.1, 0.15) is 5.78 Å². The van der Waals surface area contributed by atoms with Gasteiger partial charge in [-0.1, -0.05) is 57.4 Å². The molecule has 0 radical (unpaired) electrons. The van der Waals surface area contributed by atoms with Crippen LogP contribution in [0.5, 0.6) is 0 Å². The maximum Gasteiger partial charge on any atom is 0.136 e. The zero-order valence-electron chi connectivity index (χ0n) is 15.3. The highest BCUT2D eigenvalue weighted by molar-refractivity contribution is 5.80. The molecule has 0 saturated carbocycles. The van der Waals surface area contributed by atoms with Crippen LogP contribution in [0.25, 0.3) is 0 Å². The molecular weight excluding hydrogens is 282 g/mol. The van der Waals surface area contributed by atoms with Crippen LogP contribution in [0.4, 0.5) is 0 Å². The Bertz CT molecular complexity index is 292. The second kappa shape index (κ2) is 14.9. The second-order valence-corrected chi connectivity index (χ2v) is 7.21. The van der Waals surface area contributed by atoms with E-state index in [0.717, 1.165) is 38.8 Å². The zero-order chi connectivity index (χ0) is 16.6. The molecule has 1 atom stereocenters. The highest BCUT2D eigenvalue weighted by Gasteiger charge is 2.18. The first-order valence-corrected chi connectivity index (χ1v) is 10.2. The van der Waals surface area contributed by atoms with Crippen molar-refractivity contribution in [3.8, 4) is 0 Å². The summed E-state index contributed by atoms with van der Waals surface area (Å²) < 4.78 is 0. The third-order valence-corrected chi connectivity index (χ3v) is 5.11. The molecule has 0 aromatic heterocycles. The fourth-order valence-electron chi connectivity index (χ4n) is 3.55. The lowest BCUT2D eigenvalue weighted by Gasteiger charge is -2.12. The van der Waals surface area contributed by atoms with E-state index in [2.05, 4.69) is 11.9 Å². The summed E-state index contributed by atoms with van der Waals surface area (Å²) in [5.74, 6) is 0.888. The average molecular weight is 322 g/mol. The maximum absolute atomic E-state index is 12.2. The molecule has 1 unspecified atom stereocenters. The Balaban J connectivity index is 1.83. The van der Waals surface area contributed by atoms with Crippen molar-refractivity contribution in [1.29, 1.82) is 0 Å². The molecule has 2 heteroatoms. The second-order valence-electron chi connectivity index (χ2n) is 7.21. The lowest BCUT2D eigenvalue weighted by molar-refractivity contribution is -0.123. The number of unbranched alkanes of at least 4 members (excludes halogenated alkanes) is 10. The van der Waals surface area contributed by atoms with Gasteiger partial charge in [0.2, 0.25) is 0 Å². The molecule has 0 amide bonds. The maximum atomic E-state index is 12.2. The van der Waals surface area contributed by atoms with E-state index in [1.807, 2.05) is 6.08 Å². The minimum atomic E-state index is 0.353. The van der Waals surface area contributed by atoms with E-state index in [1.165, 1.54) is 70.6 Å². The van der Waals surface area contributed by atoms with Gasteiger partial charge in [0.15, 0.2) is 0 Å². The van der Waals surface area contributed by atoms with Crippen LogP contribution in [0.2, 0.25) is 0 Å². The first-order chi connectivity index (χ1) is 11.3. The number of carbonyl (C=O) groups is 1. The van der Waals surface area contributed by atoms with Crippen molar-refractivity contribution in [2.24, 2.45) is 5.92 Å². The fourth-order valence-corrected chi connectivity index (χ4v) is 3.55. The molecular formula is C21H39NO. The number of ketones is 1. The number of allylic oxidation sites excluding steroid dienone is 1. The van der Waals surface area contributed by atoms with E-state index in [9.17, 15) is 4.79 Å². The van der Waals surface area contributed by atoms with E-state index in [1.54, 1.807) is 0 Å². The van der Waals surface area contributed by atoms with E-state index < -0.39 is 0 Å². The van der Waals surface area contributed by atoms with Crippen molar-refractivity contribution < 1.29 is 4.79 Å². The molecule has 134 valence electrons. The number of rotatable bonds is 14. The molecule has 1 saturated heterocycles. The van der Waals surface area contributed by atoms with Crippen LogP contribution in [0.15, 0.2) is 12.7 Å². The molecule has 1 heterocycles. The summed E-state index contributed by atoms with van der Waals surface area (Å²) in [6, 6.07) is 0. The number of hydrogen-bond donors (Lipinski definition) is 1. The SMILES string of the molecule is C=CCCCCCCCCCCCCC(=O)C1CCCNCC1. The van der Waals surface area contributed by atoms with E-state index in [4.69, 9.17) is 0 Å². The van der Waals surface area contributed by atoms with Gasteiger partial charge in [-0.25, -0.2) is 0 Å². The van der Waals surface area contributed by atoms with Crippen molar-refractivity contribution in [1.82, 2.24) is 5.32 Å². The summed E-state index contributed by atoms with van der Waals surface area (Å²) in [7, 11) is 0. The standard InChI is InChI=1S/C21H39NO/c1-2-3-4-5-6-7-8-9-10-11-12-13-16-21(23)20-15-14-18-22-19-17-20/h2,20,22H,1,3-19H2. The van der Waals surface area contributed by atoms with Crippen LogP contribution in [-0.2, 0) is 4.79 Å². The summed E-state index contributed by atoms with van der Waals surface area (Å²) in [4.78, 5) is 12.2. The Labute approximate surface area is 144 Å². The number of Topliss-reactive ketones (excluding diaryl/α,β-unsaturated/α-hetero) is 1. The van der Waals surface area contributed by atoms with Crippen LogP contribution in [0, 0.1) is 5.92 Å². The van der Waals surface area contributed by atoms with Crippen LogP contribution < -0.4 is 5.32 Å². The number of carbonyl (C=O) groups excluding carboxylic acids is 1. The van der Waals surface area contributed by atoms with Crippen LogP contribution >= 0.6 is 0 Å². The molecule has 1 N–H and O–H groups in total. The van der Waals surface area contributed by atoms with Gasteiger partial charge in [0, 0.05) is 12.3 Å². The van der Waals surface area contributed by atoms with Crippen molar-refractivity contribution in [2.45, 2.75) is 96.3 Å². The third-order valence-electron chi connectivity index (χ3n) is 5.11. The van der Waals surface area contributed by atoms with Crippen molar-refractivity contribution in [3.63, 3.8) is 0 Å². The molecule has 1 fully saturated rings. The Morgan fingerprint density at radius 1 is 0.870 bits per heavy atom. The van der Waals surface area contributed by atoms with E-state index >= 15 is 0 Å². The van der Waals surface area contributed by atoms with Gasteiger partial charge in [0.25, 0.3) is 0 Å². The number of hydrogen-bond acceptors (Lipinski definition) is 2. The summed E-state index contributed by atoms with van der Waals surface area (Å²) in [5, 5.41) is 3.39. The Morgan fingerprint density at radius 2 is 1.48 bits per heavy atom. The molecule has 0 aromatic carbocycles. The highest BCUT2D eigenvalue weighted by Crippen LogP contribution is 2.18. The molecule has 0 aromatic rings. The van der Waals surface area contributed by atoms with Crippen molar-refractivity contribution in [2.75, 3.05) is 13.1 Å². The normalized spacial score (nSPS) is 18.5. The summed E-state index contributed by atoms with van der Waals surface area (Å²) in [6.45, 7) is 5.89. The monoisotopic (exact) mass is 321 g/mol. The van der Waals surface area contributed by atoms with Gasteiger partial charge < -0.3 is 5.32 Å². The van der Waals surface area contributed by atoms with Gasteiger partial charge in [-0.15, -0.1) is 6.58 Å². The Hall–Kier alpha value is -0.630. The van der Waals surface area contributed by atoms with Gasteiger partial charge in [-0.2, -0.15) is 0 Å². The zero-order valence-corrected chi connectivity index (χ0v) is 15.3. The molecule has 0 bridgehead atoms. The quantitative estimate of drug-likeness (QED) is 0.323. The Kier molecular flexibility index (Phi) is 13.3. The molecule has 23 heavy (non-hydrogen) atoms. The summed E-state index contributed by atoms with van der Waals surface area (Å²) in [5.41, 5.74) is 0. The van der Waals surface area contributed by atoms with Crippen LogP contribution in [-0.4, -0.2) is 18.9 Å². The van der Waals surface area contributed by atoms with Crippen molar-refractivity contribution >= 4 is 5.78 Å². The number of nitrogens with one attached hydrogen (secondary N) is 1. The molecule has 0 aliphatic carbocycles. The van der Waals surface area contributed by atoms with Crippen molar-refractivity contribution in [3.05, 3.63) is 12.7 Å². The van der Waals surface area contributed by atoms with Crippen LogP contribution in [0.3, 0.4) is 0 Å². The van der Waals surface area contributed by atoms with E-state index in [0.29, 0.717) is 11.7 Å². The minimum absolute atomic E-state index is 0.353. The lowest BCUT2D eigenvalue weighted by Crippen LogP contribution is -2.17.